The highest BCUT2D eigenvalue weighted by molar-refractivity contribution is 6.74. The van der Waals surface area contributed by atoms with Crippen molar-refractivity contribution in [2.24, 2.45) is 0 Å². The molecule has 0 bridgehead atoms. The molecule has 0 radical (unpaired) electrons. The van der Waals surface area contributed by atoms with Gasteiger partial charge in [-0.25, -0.2) is 0 Å². The van der Waals surface area contributed by atoms with Crippen LogP contribution >= 0.6 is 0 Å². The summed E-state index contributed by atoms with van der Waals surface area (Å²) in [6, 6.07) is 0. The van der Waals surface area contributed by atoms with Crippen molar-refractivity contribution >= 4 is 8.32 Å². The molecule has 3 nitrogen and oxygen atoms in total. The second-order valence-corrected chi connectivity index (χ2v) is 10.6. The maximum Gasteiger partial charge on any atom is 0.192 e. The van der Waals surface area contributed by atoms with Crippen LogP contribution in [0, 0.1) is 0 Å². The van der Waals surface area contributed by atoms with Crippen LogP contribution in [0.25, 0.3) is 0 Å². The minimum atomic E-state index is -1.60. The van der Waals surface area contributed by atoms with E-state index in [0.29, 0.717) is 0 Å². The van der Waals surface area contributed by atoms with Gasteiger partial charge in [-0.15, -0.1) is 0 Å². The van der Waals surface area contributed by atoms with E-state index in [0.717, 1.165) is 26.3 Å². The van der Waals surface area contributed by atoms with Crippen LogP contribution in [0.3, 0.4) is 0 Å². The summed E-state index contributed by atoms with van der Waals surface area (Å²) < 4.78 is 11.7. The first-order valence-corrected chi connectivity index (χ1v) is 8.70. The summed E-state index contributed by atoms with van der Waals surface area (Å²) in [7, 11) is -1.60. The predicted octanol–water partition coefficient (Wildman–Crippen LogP) is 2.00. The minimum absolute atomic E-state index is 0.243. The standard InChI is InChI=1S/C11H25NO2Si/c1-11(2,3)15(4,5)14-9-10-8-12-6-7-13-10/h10,12H,6-9H2,1-5H3. The molecule has 1 aliphatic heterocycles. The lowest BCUT2D eigenvalue weighted by Gasteiger charge is -2.37. The van der Waals surface area contributed by atoms with Crippen molar-refractivity contribution in [3.63, 3.8) is 0 Å². The fourth-order valence-electron chi connectivity index (χ4n) is 1.24. The molecule has 0 aromatic heterocycles. The summed E-state index contributed by atoms with van der Waals surface area (Å²) >= 11 is 0. The third-order valence-corrected chi connectivity index (χ3v) is 7.94. The van der Waals surface area contributed by atoms with E-state index in [2.05, 4.69) is 39.2 Å². The van der Waals surface area contributed by atoms with Crippen LogP contribution in [-0.2, 0) is 9.16 Å². The van der Waals surface area contributed by atoms with Crippen LogP contribution in [0.5, 0.6) is 0 Å². The average Bonchev–Trinajstić information content (AvgIpc) is 2.15. The molecule has 1 saturated heterocycles. The SMILES string of the molecule is CC(C)(C)[Si](C)(C)OCC1CNCCO1. The van der Waals surface area contributed by atoms with Crippen molar-refractivity contribution in [1.82, 2.24) is 5.32 Å². The maximum absolute atomic E-state index is 6.11. The highest BCUT2D eigenvalue weighted by Crippen LogP contribution is 2.36. The van der Waals surface area contributed by atoms with Gasteiger partial charge in [-0.1, -0.05) is 20.8 Å². The van der Waals surface area contributed by atoms with E-state index < -0.39 is 8.32 Å². The Morgan fingerprint density at radius 3 is 2.53 bits per heavy atom. The summed E-state index contributed by atoms with van der Waals surface area (Å²) in [5, 5.41) is 3.61. The summed E-state index contributed by atoms with van der Waals surface area (Å²) in [5.41, 5.74) is 0. The van der Waals surface area contributed by atoms with Crippen molar-refractivity contribution in [2.45, 2.75) is 45.0 Å². The van der Waals surface area contributed by atoms with Gasteiger partial charge in [-0.3, -0.25) is 0 Å². The maximum atomic E-state index is 6.11. The zero-order valence-corrected chi connectivity index (χ0v) is 11.7. The first-order valence-electron chi connectivity index (χ1n) is 5.79. The molecule has 1 aliphatic rings. The van der Waals surface area contributed by atoms with Gasteiger partial charge in [0.25, 0.3) is 0 Å². The molecule has 0 aliphatic carbocycles. The first kappa shape index (κ1) is 13.2. The molecule has 90 valence electrons. The van der Waals surface area contributed by atoms with Gasteiger partial charge in [0.05, 0.1) is 19.3 Å². The van der Waals surface area contributed by atoms with E-state index in [1.165, 1.54) is 0 Å². The van der Waals surface area contributed by atoms with Gasteiger partial charge in [0.2, 0.25) is 0 Å². The molecular weight excluding hydrogens is 206 g/mol. The Morgan fingerprint density at radius 2 is 2.07 bits per heavy atom. The molecule has 1 atom stereocenters. The second kappa shape index (κ2) is 4.95. The molecule has 0 aromatic rings. The van der Waals surface area contributed by atoms with Gasteiger partial charge < -0.3 is 14.5 Å². The lowest BCUT2D eigenvalue weighted by atomic mass is 10.2. The molecule has 1 rings (SSSR count). The molecule has 15 heavy (non-hydrogen) atoms. The fourth-order valence-corrected chi connectivity index (χ4v) is 2.28. The third-order valence-electron chi connectivity index (χ3n) is 3.44. The lowest BCUT2D eigenvalue weighted by molar-refractivity contribution is -0.00297. The van der Waals surface area contributed by atoms with Gasteiger partial charge in [-0.2, -0.15) is 0 Å². The monoisotopic (exact) mass is 231 g/mol. The molecular formula is C11H25NO2Si. The molecule has 0 saturated carbocycles. The quantitative estimate of drug-likeness (QED) is 0.754. The summed E-state index contributed by atoms with van der Waals surface area (Å²) in [4.78, 5) is 0. The van der Waals surface area contributed by atoms with Crippen LogP contribution in [-0.4, -0.2) is 40.7 Å². The largest absolute Gasteiger partial charge is 0.414 e. The molecule has 1 heterocycles. The highest BCUT2D eigenvalue weighted by atomic mass is 28.4. The number of hydrogen-bond donors (Lipinski definition) is 1. The van der Waals surface area contributed by atoms with Crippen molar-refractivity contribution in [1.29, 1.82) is 0 Å². The van der Waals surface area contributed by atoms with E-state index in [-0.39, 0.29) is 11.1 Å². The number of nitrogens with one attached hydrogen (secondary N) is 1. The van der Waals surface area contributed by atoms with Crippen molar-refractivity contribution in [3.8, 4) is 0 Å². The number of ether oxygens (including phenoxy) is 1. The molecule has 0 spiro atoms. The number of morpholine rings is 1. The second-order valence-electron chi connectivity index (χ2n) is 5.77. The van der Waals surface area contributed by atoms with Crippen LogP contribution in [0.2, 0.25) is 18.1 Å². The molecule has 1 fully saturated rings. The normalized spacial score (nSPS) is 24.2. The van der Waals surface area contributed by atoms with E-state index in [4.69, 9.17) is 9.16 Å². The number of rotatable bonds is 3. The topological polar surface area (TPSA) is 30.5 Å². The Bertz CT molecular complexity index is 195. The lowest BCUT2D eigenvalue weighted by Crippen LogP contribution is -2.47. The molecule has 0 amide bonds. The van der Waals surface area contributed by atoms with Crippen molar-refractivity contribution in [3.05, 3.63) is 0 Å². The molecule has 1 N–H and O–H groups in total. The Kier molecular flexibility index (Phi) is 4.35. The predicted molar refractivity (Wildman–Crippen MR) is 65.8 cm³/mol. The van der Waals surface area contributed by atoms with Crippen molar-refractivity contribution in [2.75, 3.05) is 26.3 Å². The highest BCUT2D eigenvalue weighted by Gasteiger charge is 2.37. The fraction of sp³-hybridized carbons (Fsp3) is 1.00. The molecule has 1 unspecified atom stereocenters. The van der Waals surface area contributed by atoms with Gasteiger partial charge in [0, 0.05) is 13.1 Å². The Hall–Kier alpha value is 0.0969. The smallest absolute Gasteiger partial charge is 0.192 e. The third kappa shape index (κ3) is 3.87. The first-order chi connectivity index (χ1) is 6.83. The minimum Gasteiger partial charge on any atom is -0.414 e. The van der Waals surface area contributed by atoms with E-state index in [9.17, 15) is 0 Å². The summed E-state index contributed by atoms with van der Waals surface area (Å²) in [5.74, 6) is 0. The Labute approximate surface area is 94.7 Å². The van der Waals surface area contributed by atoms with Crippen LogP contribution in [0.4, 0.5) is 0 Å². The molecule has 4 heteroatoms. The summed E-state index contributed by atoms with van der Waals surface area (Å²) in [6.07, 6.45) is 0.243. The zero-order chi connectivity index (χ0) is 11.5. The Morgan fingerprint density at radius 1 is 1.40 bits per heavy atom. The van der Waals surface area contributed by atoms with E-state index >= 15 is 0 Å². The van der Waals surface area contributed by atoms with Gasteiger partial charge >= 0.3 is 0 Å². The van der Waals surface area contributed by atoms with E-state index in [1.807, 2.05) is 0 Å². The zero-order valence-electron chi connectivity index (χ0n) is 10.7. The molecule has 0 aromatic carbocycles. The van der Waals surface area contributed by atoms with Gasteiger partial charge in [0.15, 0.2) is 8.32 Å². The van der Waals surface area contributed by atoms with Crippen LogP contribution in [0.15, 0.2) is 0 Å². The van der Waals surface area contributed by atoms with E-state index in [1.54, 1.807) is 0 Å². The van der Waals surface area contributed by atoms with Gasteiger partial charge in [0.1, 0.15) is 0 Å². The Balaban J connectivity index is 2.35. The van der Waals surface area contributed by atoms with Crippen LogP contribution in [0.1, 0.15) is 20.8 Å². The average molecular weight is 231 g/mol. The van der Waals surface area contributed by atoms with Crippen molar-refractivity contribution < 1.29 is 9.16 Å². The summed E-state index contributed by atoms with van der Waals surface area (Å²) in [6.45, 7) is 14.8. The number of hydrogen-bond acceptors (Lipinski definition) is 3. The van der Waals surface area contributed by atoms with Gasteiger partial charge in [-0.05, 0) is 18.1 Å². The van der Waals surface area contributed by atoms with Crippen LogP contribution < -0.4 is 5.32 Å².